The van der Waals surface area contributed by atoms with Gasteiger partial charge in [0, 0.05) is 13.2 Å². The minimum atomic E-state index is -0.787. The third kappa shape index (κ3) is 5.11. The summed E-state index contributed by atoms with van der Waals surface area (Å²) in [6, 6.07) is 6.22. The fourth-order valence-corrected chi connectivity index (χ4v) is 2.30. The predicted octanol–water partition coefficient (Wildman–Crippen LogP) is 2.08. The number of rotatable bonds is 8. The fraction of sp³-hybridized carbons (Fsp3) is 0.444. The quantitative estimate of drug-likeness (QED) is 0.765. The molecular weight excluding hydrogens is 325 g/mol. The highest BCUT2D eigenvalue weighted by Crippen LogP contribution is 2.16. The highest BCUT2D eigenvalue weighted by Gasteiger charge is 2.17. The number of halogens is 1. The number of carbonyl (C=O) groups is 1. The topological polar surface area (TPSA) is 76.4 Å². The third-order valence-electron chi connectivity index (χ3n) is 3.59. The molecule has 2 N–H and O–H groups in total. The zero-order chi connectivity index (χ0) is 18.4. The Bertz CT molecular complexity index is 715. The summed E-state index contributed by atoms with van der Waals surface area (Å²) in [4.78, 5) is 12.3. The summed E-state index contributed by atoms with van der Waals surface area (Å²) >= 11 is 0. The van der Waals surface area contributed by atoms with E-state index in [1.165, 1.54) is 16.9 Å². The highest BCUT2D eigenvalue weighted by atomic mass is 19.1. The van der Waals surface area contributed by atoms with Crippen LogP contribution < -0.4 is 5.32 Å². The van der Waals surface area contributed by atoms with E-state index in [1.54, 1.807) is 25.1 Å². The first-order chi connectivity index (χ1) is 11.9. The molecule has 6 nitrogen and oxygen atoms in total. The second kappa shape index (κ2) is 8.73. The number of nitrogens with zero attached hydrogens (tertiary/aromatic N) is 2. The zero-order valence-electron chi connectivity index (χ0n) is 14.7. The molecule has 1 heterocycles. The van der Waals surface area contributed by atoms with Gasteiger partial charge in [0.2, 0.25) is 0 Å². The molecule has 2 rings (SSSR count). The first kappa shape index (κ1) is 19.1. The van der Waals surface area contributed by atoms with E-state index in [2.05, 4.69) is 10.4 Å². The van der Waals surface area contributed by atoms with Crippen molar-refractivity contribution in [2.75, 3.05) is 19.8 Å². The average Bonchev–Trinajstić information content (AvgIpc) is 2.94. The summed E-state index contributed by atoms with van der Waals surface area (Å²) in [6.45, 7) is 6.51. The van der Waals surface area contributed by atoms with E-state index in [0.717, 1.165) is 0 Å². The molecule has 0 fully saturated rings. The Morgan fingerprint density at radius 1 is 1.36 bits per heavy atom. The van der Waals surface area contributed by atoms with Crippen LogP contribution in [0.1, 0.15) is 29.9 Å². The van der Waals surface area contributed by atoms with Gasteiger partial charge in [-0.2, -0.15) is 5.10 Å². The molecule has 1 aromatic carbocycles. The smallest absolute Gasteiger partial charge is 0.254 e. The number of amides is 1. The largest absolute Gasteiger partial charge is 0.389 e. The number of benzene rings is 1. The maximum atomic E-state index is 13.9. The number of nitrogens with one attached hydrogen (secondary N) is 1. The minimum Gasteiger partial charge on any atom is -0.389 e. The summed E-state index contributed by atoms with van der Waals surface area (Å²) in [5.74, 6) is -0.407. The lowest BCUT2D eigenvalue weighted by atomic mass is 10.2. The van der Waals surface area contributed by atoms with Crippen molar-refractivity contribution >= 4 is 5.91 Å². The van der Waals surface area contributed by atoms with Gasteiger partial charge in [0.05, 0.1) is 30.2 Å². The second-order valence-electron chi connectivity index (χ2n) is 6.30. The van der Waals surface area contributed by atoms with E-state index in [-0.39, 0.29) is 24.7 Å². The van der Waals surface area contributed by atoms with Crippen molar-refractivity contribution in [1.82, 2.24) is 15.1 Å². The van der Waals surface area contributed by atoms with Crippen LogP contribution in [0.3, 0.4) is 0 Å². The Balaban J connectivity index is 1.96. The van der Waals surface area contributed by atoms with Gasteiger partial charge < -0.3 is 15.2 Å². The monoisotopic (exact) mass is 349 g/mol. The fourth-order valence-electron chi connectivity index (χ4n) is 2.30. The molecule has 0 aliphatic carbocycles. The Kier molecular flexibility index (Phi) is 6.66. The van der Waals surface area contributed by atoms with Gasteiger partial charge in [-0.3, -0.25) is 4.79 Å². The molecule has 0 radical (unpaired) electrons. The summed E-state index contributed by atoms with van der Waals surface area (Å²) in [6.07, 6.45) is 0.600. The molecule has 0 aliphatic heterocycles. The van der Waals surface area contributed by atoms with Gasteiger partial charge in [0.25, 0.3) is 5.91 Å². The van der Waals surface area contributed by atoms with Crippen LogP contribution in [0.2, 0.25) is 0 Å². The van der Waals surface area contributed by atoms with E-state index in [9.17, 15) is 14.3 Å². The van der Waals surface area contributed by atoms with E-state index < -0.39 is 11.9 Å². The minimum absolute atomic E-state index is 0.0707. The molecule has 1 atom stereocenters. The van der Waals surface area contributed by atoms with E-state index in [4.69, 9.17) is 4.74 Å². The van der Waals surface area contributed by atoms with Gasteiger partial charge in [0.15, 0.2) is 0 Å². The Hall–Kier alpha value is -2.25. The molecule has 1 aromatic heterocycles. The van der Waals surface area contributed by atoms with E-state index in [1.807, 2.05) is 13.8 Å². The summed E-state index contributed by atoms with van der Waals surface area (Å²) in [5.41, 5.74) is 1.13. The number of hydrogen-bond acceptors (Lipinski definition) is 4. The van der Waals surface area contributed by atoms with Crippen molar-refractivity contribution in [2.45, 2.75) is 26.9 Å². The maximum absolute atomic E-state index is 13.9. The first-order valence-corrected chi connectivity index (χ1v) is 8.23. The summed E-state index contributed by atoms with van der Waals surface area (Å²) in [5, 5.41) is 16.6. The molecule has 136 valence electrons. The van der Waals surface area contributed by atoms with Crippen molar-refractivity contribution in [3.8, 4) is 5.69 Å². The zero-order valence-corrected chi connectivity index (χ0v) is 14.7. The average molecular weight is 349 g/mol. The number of para-hydroxylation sites is 1. The molecule has 0 saturated heterocycles. The molecule has 0 saturated carbocycles. The highest BCUT2D eigenvalue weighted by molar-refractivity contribution is 5.95. The van der Waals surface area contributed by atoms with Crippen LogP contribution >= 0.6 is 0 Å². The third-order valence-corrected chi connectivity index (χ3v) is 3.59. The van der Waals surface area contributed by atoms with Gasteiger partial charge in [0.1, 0.15) is 11.5 Å². The van der Waals surface area contributed by atoms with E-state index in [0.29, 0.717) is 23.8 Å². The number of hydrogen-bond donors (Lipinski definition) is 2. The first-order valence-electron chi connectivity index (χ1n) is 8.23. The molecule has 1 unspecified atom stereocenters. The summed E-state index contributed by atoms with van der Waals surface area (Å²) in [7, 11) is 0. The molecule has 1 amide bonds. The Labute approximate surface area is 146 Å². The van der Waals surface area contributed by atoms with Crippen molar-refractivity contribution in [3.63, 3.8) is 0 Å². The number of aromatic nitrogens is 2. The number of ether oxygens (including phenoxy) is 1. The molecule has 0 aliphatic rings. The van der Waals surface area contributed by atoms with Crippen LogP contribution in [0.4, 0.5) is 4.39 Å². The maximum Gasteiger partial charge on any atom is 0.254 e. The van der Waals surface area contributed by atoms with Crippen LogP contribution in [0.5, 0.6) is 0 Å². The predicted molar refractivity (Wildman–Crippen MR) is 92.3 cm³/mol. The van der Waals surface area contributed by atoms with Crippen molar-refractivity contribution in [3.05, 3.63) is 47.5 Å². The lowest BCUT2D eigenvalue weighted by Gasteiger charge is -2.13. The number of carbonyl (C=O) groups excluding carboxylic acids is 1. The number of aliphatic hydroxyl groups excluding tert-OH is 1. The van der Waals surface area contributed by atoms with Gasteiger partial charge in [-0.1, -0.05) is 26.0 Å². The standard InChI is InChI=1S/C18H24FN3O3/c1-12(2)10-25-11-14(23)8-20-18(24)15-9-21-22(13(15)3)17-7-5-4-6-16(17)19/h4-7,9,12,14,23H,8,10-11H2,1-3H3,(H,20,24). The molecule has 25 heavy (non-hydrogen) atoms. The van der Waals surface area contributed by atoms with E-state index >= 15 is 0 Å². The SMILES string of the molecule is Cc1c(C(=O)NCC(O)COCC(C)C)cnn1-c1ccccc1F. The number of aliphatic hydroxyl groups is 1. The summed E-state index contributed by atoms with van der Waals surface area (Å²) < 4.78 is 20.6. The van der Waals surface area contributed by atoms with Crippen LogP contribution in [0.15, 0.2) is 30.5 Å². The van der Waals surface area contributed by atoms with Gasteiger partial charge in [-0.25, -0.2) is 9.07 Å². The lowest BCUT2D eigenvalue weighted by Crippen LogP contribution is -2.35. The van der Waals surface area contributed by atoms with Crippen LogP contribution in [-0.4, -0.2) is 46.7 Å². The van der Waals surface area contributed by atoms with Gasteiger partial charge in [-0.15, -0.1) is 0 Å². The van der Waals surface area contributed by atoms with Crippen molar-refractivity contribution in [2.24, 2.45) is 5.92 Å². The normalized spacial score (nSPS) is 12.4. The van der Waals surface area contributed by atoms with Crippen molar-refractivity contribution < 1.29 is 19.0 Å². The molecular formula is C18H24FN3O3. The molecule has 7 heteroatoms. The van der Waals surface area contributed by atoms with Crippen LogP contribution in [0, 0.1) is 18.7 Å². The second-order valence-corrected chi connectivity index (χ2v) is 6.30. The molecule has 0 spiro atoms. The molecule has 0 bridgehead atoms. The Morgan fingerprint density at radius 2 is 2.08 bits per heavy atom. The van der Waals surface area contributed by atoms with Gasteiger partial charge >= 0.3 is 0 Å². The van der Waals surface area contributed by atoms with Crippen molar-refractivity contribution in [1.29, 1.82) is 0 Å². The lowest BCUT2D eigenvalue weighted by molar-refractivity contribution is 0.0259. The Morgan fingerprint density at radius 3 is 2.76 bits per heavy atom. The van der Waals surface area contributed by atoms with Gasteiger partial charge in [-0.05, 0) is 25.0 Å². The van der Waals surface area contributed by atoms with Crippen LogP contribution in [0.25, 0.3) is 5.69 Å². The van der Waals surface area contributed by atoms with Crippen LogP contribution in [-0.2, 0) is 4.74 Å². The molecule has 2 aromatic rings.